The maximum absolute atomic E-state index is 11.9. The van der Waals surface area contributed by atoms with Gasteiger partial charge in [-0.3, -0.25) is 9.59 Å². The highest BCUT2D eigenvalue weighted by atomic mass is 16.5. The van der Waals surface area contributed by atoms with Gasteiger partial charge in [-0.15, -0.1) is 0 Å². The second kappa shape index (κ2) is 8.29. The van der Waals surface area contributed by atoms with E-state index in [4.69, 9.17) is 9.47 Å². The minimum absolute atomic E-state index is 0.0316. The Bertz CT molecular complexity index is 499. The molecule has 5 nitrogen and oxygen atoms in total. The molecular weight excluding hydrogens is 270 g/mol. The largest absolute Gasteiger partial charge is 0.493 e. The van der Waals surface area contributed by atoms with E-state index in [1.807, 2.05) is 32.0 Å². The van der Waals surface area contributed by atoms with E-state index in [0.717, 1.165) is 16.9 Å². The summed E-state index contributed by atoms with van der Waals surface area (Å²) in [4.78, 5) is 24.5. The highest BCUT2D eigenvalue weighted by molar-refractivity contribution is 5.81. The van der Waals surface area contributed by atoms with Crippen LogP contribution in [0, 0.1) is 13.8 Å². The topological polar surface area (TPSA) is 55.8 Å². The quantitative estimate of drug-likeness (QED) is 0.722. The Kier molecular flexibility index (Phi) is 6.72. The molecule has 0 saturated carbocycles. The molecule has 0 aliphatic carbocycles. The SMILES string of the molecule is CCOC(=O)CN(C)C(=O)CCOc1cc(C)ccc1C. The molecule has 0 heterocycles. The fourth-order valence-corrected chi connectivity index (χ4v) is 1.79. The molecule has 1 amide bonds. The highest BCUT2D eigenvalue weighted by Gasteiger charge is 2.13. The first kappa shape index (κ1) is 17.0. The number of hydrogen-bond acceptors (Lipinski definition) is 4. The van der Waals surface area contributed by atoms with Crippen LogP contribution in [-0.4, -0.2) is 43.6 Å². The summed E-state index contributed by atoms with van der Waals surface area (Å²) in [6.07, 6.45) is 0.225. The van der Waals surface area contributed by atoms with E-state index >= 15 is 0 Å². The molecule has 116 valence electrons. The zero-order chi connectivity index (χ0) is 15.8. The number of benzene rings is 1. The van der Waals surface area contributed by atoms with Gasteiger partial charge in [0.1, 0.15) is 12.3 Å². The van der Waals surface area contributed by atoms with Gasteiger partial charge in [0.05, 0.1) is 19.6 Å². The van der Waals surface area contributed by atoms with Crippen LogP contribution in [0.25, 0.3) is 0 Å². The predicted octanol–water partition coefficient (Wildman–Crippen LogP) is 2.09. The lowest BCUT2D eigenvalue weighted by Gasteiger charge is -2.16. The van der Waals surface area contributed by atoms with E-state index in [9.17, 15) is 9.59 Å². The van der Waals surface area contributed by atoms with Gasteiger partial charge in [-0.2, -0.15) is 0 Å². The van der Waals surface area contributed by atoms with E-state index in [1.165, 1.54) is 4.90 Å². The van der Waals surface area contributed by atoms with Crippen molar-refractivity contribution in [3.8, 4) is 5.75 Å². The van der Waals surface area contributed by atoms with Crippen LogP contribution in [0.2, 0.25) is 0 Å². The van der Waals surface area contributed by atoms with Gasteiger partial charge in [-0.25, -0.2) is 0 Å². The van der Waals surface area contributed by atoms with Crippen LogP contribution in [0.3, 0.4) is 0 Å². The summed E-state index contributed by atoms with van der Waals surface area (Å²) in [5.41, 5.74) is 2.15. The van der Waals surface area contributed by atoms with Gasteiger partial charge >= 0.3 is 5.97 Å². The monoisotopic (exact) mass is 293 g/mol. The summed E-state index contributed by atoms with van der Waals surface area (Å²) in [6.45, 7) is 6.26. The summed E-state index contributed by atoms with van der Waals surface area (Å²) >= 11 is 0. The summed E-state index contributed by atoms with van der Waals surface area (Å²) in [7, 11) is 1.58. The average molecular weight is 293 g/mol. The van der Waals surface area contributed by atoms with Crippen molar-refractivity contribution in [2.24, 2.45) is 0 Å². The highest BCUT2D eigenvalue weighted by Crippen LogP contribution is 2.19. The van der Waals surface area contributed by atoms with Crippen molar-refractivity contribution < 1.29 is 19.1 Å². The fourth-order valence-electron chi connectivity index (χ4n) is 1.79. The molecule has 0 aliphatic rings. The Hall–Kier alpha value is -2.04. The summed E-state index contributed by atoms with van der Waals surface area (Å²) in [5.74, 6) is 0.244. The first-order chi connectivity index (χ1) is 9.93. The lowest BCUT2D eigenvalue weighted by Crippen LogP contribution is -2.33. The van der Waals surface area contributed by atoms with E-state index < -0.39 is 5.97 Å². The first-order valence-corrected chi connectivity index (χ1v) is 7.03. The van der Waals surface area contributed by atoms with Crippen molar-refractivity contribution in [1.29, 1.82) is 0 Å². The Morgan fingerprint density at radius 3 is 2.62 bits per heavy atom. The maximum Gasteiger partial charge on any atom is 0.325 e. The molecule has 0 aromatic heterocycles. The molecule has 0 fully saturated rings. The van der Waals surface area contributed by atoms with Crippen LogP contribution in [-0.2, 0) is 14.3 Å². The van der Waals surface area contributed by atoms with Crippen molar-refractivity contribution >= 4 is 11.9 Å². The van der Waals surface area contributed by atoms with Gasteiger partial charge in [-0.1, -0.05) is 12.1 Å². The number of likely N-dealkylation sites (N-methyl/N-ethyl adjacent to an activating group) is 1. The Balaban J connectivity index is 2.39. The molecule has 0 bridgehead atoms. The zero-order valence-corrected chi connectivity index (χ0v) is 13.1. The van der Waals surface area contributed by atoms with Crippen LogP contribution in [0.5, 0.6) is 5.75 Å². The number of nitrogens with zero attached hydrogens (tertiary/aromatic N) is 1. The van der Waals surface area contributed by atoms with Gasteiger partial charge in [0.2, 0.25) is 5.91 Å². The maximum atomic E-state index is 11.9. The minimum atomic E-state index is -0.399. The van der Waals surface area contributed by atoms with Crippen molar-refractivity contribution in [2.45, 2.75) is 27.2 Å². The number of aryl methyl sites for hydroxylation is 2. The molecule has 0 aliphatic heterocycles. The molecular formula is C16H23NO4. The summed E-state index contributed by atoms with van der Waals surface area (Å²) in [5, 5.41) is 0. The van der Waals surface area contributed by atoms with Crippen LogP contribution >= 0.6 is 0 Å². The molecule has 1 aromatic carbocycles. The number of rotatable bonds is 7. The third-order valence-electron chi connectivity index (χ3n) is 3.01. The van der Waals surface area contributed by atoms with E-state index in [1.54, 1.807) is 14.0 Å². The molecule has 0 unspecified atom stereocenters. The molecule has 0 spiro atoms. The number of esters is 1. The van der Waals surface area contributed by atoms with Gasteiger partial charge in [0.15, 0.2) is 0 Å². The van der Waals surface area contributed by atoms with Gasteiger partial charge < -0.3 is 14.4 Å². The molecule has 21 heavy (non-hydrogen) atoms. The molecule has 1 aromatic rings. The number of hydrogen-bond donors (Lipinski definition) is 0. The third-order valence-corrected chi connectivity index (χ3v) is 3.01. The second-order valence-electron chi connectivity index (χ2n) is 4.92. The van der Waals surface area contributed by atoms with Crippen LogP contribution in [0.1, 0.15) is 24.5 Å². The number of amides is 1. The molecule has 5 heteroatoms. The van der Waals surface area contributed by atoms with E-state index in [2.05, 4.69) is 0 Å². The smallest absolute Gasteiger partial charge is 0.325 e. The number of carbonyl (C=O) groups excluding carboxylic acids is 2. The average Bonchev–Trinajstić information content (AvgIpc) is 2.42. The van der Waals surface area contributed by atoms with Crippen LogP contribution in [0.4, 0.5) is 0 Å². The number of ether oxygens (including phenoxy) is 2. The second-order valence-corrected chi connectivity index (χ2v) is 4.92. The van der Waals surface area contributed by atoms with Gasteiger partial charge in [0, 0.05) is 7.05 Å². The summed E-state index contributed by atoms with van der Waals surface area (Å²) in [6, 6.07) is 5.95. The van der Waals surface area contributed by atoms with Crippen LogP contribution in [0.15, 0.2) is 18.2 Å². The summed E-state index contributed by atoms with van der Waals surface area (Å²) < 4.78 is 10.4. The standard InChI is InChI=1S/C16H23NO4/c1-5-20-16(19)11-17(4)15(18)8-9-21-14-10-12(2)6-7-13(14)3/h6-7,10H,5,8-9,11H2,1-4H3. The van der Waals surface area contributed by atoms with E-state index in [-0.39, 0.29) is 25.5 Å². The molecule has 0 radical (unpaired) electrons. The van der Waals surface area contributed by atoms with E-state index in [0.29, 0.717) is 6.61 Å². The molecule has 0 saturated heterocycles. The third kappa shape index (κ3) is 5.85. The Morgan fingerprint density at radius 2 is 1.95 bits per heavy atom. The van der Waals surface area contributed by atoms with Crippen LogP contribution < -0.4 is 4.74 Å². The first-order valence-electron chi connectivity index (χ1n) is 7.03. The normalized spacial score (nSPS) is 10.1. The fraction of sp³-hybridized carbons (Fsp3) is 0.500. The number of carbonyl (C=O) groups is 2. The molecule has 0 atom stereocenters. The minimum Gasteiger partial charge on any atom is -0.493 e. The zero-order valence-electron chi connectivity index (χ0n) is 13.1. The van der Waals surface area contributed by atoms with Crippen molar-refractivity contribution in [3.05, 3.63) is 29.3 Å². The van der Waals surface area contributed by atoms with Crippen molar-refractivity contribution in [2.75, 3.05) is 26.8 Å². The molecule has 1 rings (SSSR count). The lowest BCUT2D eigenvalue weighted by molar-refractivity contribution is -0.148. The molecule has 0 N–H and O–H groups in total. The van der Waals surface area contributed by atoms with Crippen molar-refractivity contribution in [1.82, 2.24) is 4.90 Å². The lowest BCUT2D eigenvalue weighted by atomic mass is 10.1. The Labute approximate surface area is 125 Å². The van der Waals surface area contributed by atoms with Crippen molar-refractivity contribution in [3.63, 3.8) is 0 Å². The predicted molar refractivity (Wildman–Crippen MR) is 80.3 cm³/mol. The van der Waals surface area contributed by atoms with Gasteiger partial charge in [0.25, 0.3) is 0 Å². The Morgan fingerprint density at radius 1 is 1.24 bits per heavy atom. The van der Waals surface area contributed by atoms with Gasteiger partial charge in [-0.05, 0) is 38.0 Å².